The van der Waals surface area contributed by atoms with E-state index in [4.69, 9.17) is 0 Å². The minimum atomic E-state index is -0.145. The van der Waals surface area contributed by atoms with E-state index in [0.29, 0.717) is 12.1 Å². The molecule has 3 aromatic rings. The Morgan fingerprint density at radius 1 is 1.00 bits per heavy atom. The molecule has 2 aromatic heterocycles. The third kappa shape index (κ3) is 4.63. The molecule has 26 heavy (non-hydrogen) atoms. The topological polar surface area (TPSA) is 79.8 Å². The fourth-order valence-corrected chi connectivity index (χ4v) is 2.36. The summed E-state index contributed by atoms with van der Waals surface area (Å²) in [5.41, 5.74) is 2.39. The van der Waals surface area contributed by atoms with Crippen LogP contribution >= 0.6 is 0 Å². The molecule has 1 aromatic carbocycles. The van der Waals surface area contributed by atoms with Gasteiger partial charge in [-0.3, -0.25) is 9.78 Å². The van der Waals surface area contributed by atoms with Crippen molar-refractivity contribution in [2.75, 3.05) is 10.6 Å². The highest BCUT2D eigenvalue weighted by atomic mass is 16.1. The Hall–Kier alpha value is -3.28. The molecule has 6 heteroatoms. The molecule has 3 rings (SSSR count). The third-order valence-corrected chi connectivity index (χ3v) is 3.82. The number of amides is 1. The summed E-state index contributed by atoms with van der Waals surface area (Å²) in [6, 6.07) is 12.8. The van der Waals surface area contributed by atoms with E-state index in [2.05, 4.69) is 39.4 Å². The molecular weight excluding hydrogens is 326 g/mol. The van der Waals surface area contributed by atoms with Gasteiger partial charge in [0.1, 0.15) is 11.6 Å². The summed E-state index contributed by atoms with van der Waals surface area (Å²) >= 11 is 0. The summed E-state index contributed by atoms with van der Waals surface area (Å²) in [6.07, 6.45) is 5.04. The molecule has 0 bridgehead atoms. The van der Waals surface area contributed by atoms with E-state index in [-0.39, 0.29) is 11.8 Å². The fourth-order valence-electron chi connectivity index (χ4n) is 2.36. The molecule has 0 saturated carbocycles. The molecule has 0 atom stereocenters. The lowest BCUT2D eigenvalue weighted by Gasteiger charge is -2.09. The van der Waals surface area contributed by atoms with E-state index in [0.717, 1.165) is 22.9 Å². The number of pyridine rings is 1. The summed E-state index contributed by atoms with van der Waals surface area (Å²) in [7, 11) is 0. The van der Waals surface area contributed by atoms with Gasteiger partial charge in [-0.05, 0) is 35.9 Å². The average Bonchev–Trinajstić information content (AvgIpc) is 2.68. The predicted octanol–water partition coefficient (Wildman–Crippen LogP) is 3.86. The maximum atomic E-state index is 12.2. The number of hydrogen-bond donors (Lipinski definition) is 2. The standard InChI is InChI=1S/C20H21N5O/c1-14(2)19-22-12-9-18(25-19)23-13-15-3-5-16(6-4-15)20(26)24-17-7-10-21-11-8-17/h3-12,14H,13H2,1-2H3,(H,21,24,26)(H,22,23,25). The molecule has 132 valence electrons. The van der Waals surface area contributed by atoms with Gasteiger partial charge in [0.25, 0.3) is 5.91 Å². The molecule has 1 amide bonds. The number of hydrogen-bond acceptors (Lipinski definition) is 5. The predicted molar refractivity (Wildman–Crippen MR) is 102 cm³/mol. The molecule has 0 fully saturated rings. The van der Waals surface area contributed by atoms with Gasteiger partial charge in [-0.2, -0.15) is 0 Å². The number of carbonyl (C=O) groups is 1. The molecule has 0 aliphatic rings. The van der Waals surface area contributed by atoms with Gasteiger partial charge >= 0.3 is 0 Å². The third-order valence-electron chi connectivity index (χ3n) is 3.82. The van der Waals surface area contributed by atoms with Crippen LogP contribution in [0.5, 0.6) is 0 Å². The quantitative estimate of drug-likeness (QED) is 0.708. The van der Waals surface area contributed by atoms with E-state index >= 15 is 0 Å². The number of nitrogens with zero attached hydrogens (tertiary/aromatic N) is 3. The van der Waals surface area contributed by atoms with E-state index in [1.54, 1.807) is 30.7 Å². The molecule has 0 saturated heterocycles. The molecule has 0 aliphatic heterocycles. The van der Waals surface area contributed by atoms with E-state index in [1.165, 1.54) is 0 Å². The van der Waals surface area contributed by atoms with E-state index in [9.17, 15) is 4.79 Å². The maximum Gasteiger partial charge on any atom is 0.255 e. The first-order valence-corrected chi connectivity index (χ1v) is 8.49. The van der Waals surface area contributed by atoms with Gasteiger partial charge in [0.2, 0.25) is 0 Å². The Morgan fingerprint density at radius 2 is 1.73 bits per heavy atom. The van der Waals surface area contributed by atoms with Crippen molar-refractivity contribution in [3.8, 4) is 0 Å². The van der Waals surface area contributed by atoms with Crippen LogP contribution in [-0.4, -0.2) is 20.9 Å². The first kappa shape index (κ1) is 17.5. The zero-order valence-corrected chi connectivity index (χ0v) is 14.8. The van der Waals surface area contributed by atoms with Crippen LogP contribution in [0.2, 0.25) is 0 Å². The lowest BCUT2D eigenvalue weighted by Crippen LogP contribution is -2.12. The number of benzene rings is 1. The zero-order valence-electron chi connectivity index (χ0n) is 14.8. The zero-order chi connectivity index (χ0) is 18.4. The van der Waals surface area contributed by atoms with Crippen LogP contribution in [0.25, 0.3) is 0 Å². The summed E-state index contributed by atoms with van der Waals surface area (Å²) < 4.78 is 0. The maximum absolute atomic E-state index is 12.2. The molecule has 2 N–H and O–H groups in total. The van der Waals surface area contributed by atoms with Crippen molar-refractivity contribution in [3.63, 3.8) is 0 Å². The number of nitrogens with one attached hydrogen (secondary N) is 2. The van der Waals surface area contributed by atoms with Crippen molar-refractivity contribution in [3.05, 3.63) is 78.0 Å². The first-order valence-electron chi connectivity index (χ1n) is 8.49. The fraction of sp³-hybridized carbons (Fsp3) is 0.200. The minimum absolute atomic E-state index is 0.145. The van der Waals surface area contributed by atoms with Crippen molar-refractivity contribution in [2.24, 2.45) is 0 Å². The van der Waals surface area contributed by atoms with E-state index in [1.807, 2.05) is 30.3 Å². The molecule has 0 aliphatic carbocycles. The lowest BCUT2D eigenvalue weighted by atomic mass is 10.1. The van der Waals surface area contributed by atoms with Crippen molar-refractivity contribution >= 4 is 17.4 Å². The smallest absolute Gasteiger partial charge is 0.255 e. The number of anilines is 2. The summed E-state index contributed by atoms with van der Waals surface area (Å²) in [4.78, 5) is 24.9. The highest BCUT2D eigenvalue weighted by Gasteiger charge is 2.07. The van der Waals surface area contributed by atoms with Crippen LogP contribution in [0.4, 0.5) is 11.5 Å². The SMILES string of the molecule is CC(C)c1nccc(NCc2ccc(C(=O)Nc3ccncc3)cc2)n1. The van der Waals surface area contributed by atoms with Crippen LogP contribution in [0.15, 0.2) is 61.1 Å². The van der Waals surface area contributed by atoms with Gasteiger partial charge < -0.3 is 10.6 Å². The van der Waals surface area contributed by atoms with Crippen LogP contribution in [0.3, 0.4) is 0 Å². The van der Waals surface area contributed by atoms with Crippen LogP contribution < -0.4 is 10.6 Å². The summed E-state index contributed by atoms with van der Waals surface area (Å²) in [5, 5.41) is 6.13. The first-order chi connectivity index (χ1) is 12.6. The highest BCUT2D eigenvalue weighted by Crippen LogP contribution is 2.13. The van der Waals surface area contributed by atoms with Crippen LogP contribution in [0, 0.1) is 0 Å². The normalized spacial score (nSPS) is 10.6. The Bertz CT molecular complexity index is 863. The molecular formula is C20H21N5O. The van der Waals surface area contributed by atoms with Gasteiger partial charge in [0.05, 0.1) is 0 Å². The second-order valence-electron chi connectivity index (χ2n) is 6.20. The largest absolute Gasteiger partial charge is 0.366 e. The Kier molecular flexibility index (Phi) is 5.53. The van der Waals surface area contributed by atoms with E-state index < -0.39 is 0 Å². The van der Waals surface area contributed by atoms with Crippen molar-refractivity contribution in [2.45, 2.75) is 26.3 Å². The monoisotopic (exact) mass is 347 g/mol. The van der Waals surface area contributed by atoms with Crippen molar-refractivity contribution in [1.29, 1.82) is 0 Å². The Labute approximate surface area is 152 Å². The number of rotatable bonds is 6. The second kappa shape index (κ2) is 8.20. The van der Waals surface area contributed by atoms with Gasteiger partial charge in [0, 0.05) is 42.3 Å². The minimum Gasteiger partial charge on any atom is -0.366 e. The summed E-state index contributed by atoms with van der Waals surface area (Å²) in [6.45, 7) is 4.75. The Morgan fingerprint density at radius 3 is 2.42 bits per heavy atom. The van der Waals surface area contributed by atoms with Crippen LogP contribution in [0.1, 0.15) is 41.5 Å². The van der Waals surface area contributed by atoms with Crippen LogP contribution in [-0.2, 0) is 6.54 Å². The number of aromatic nitrogens is 3. The number of carbonyl (C=O) groups excluding carboxylic acids is 1. The summed E-state index contributed by atoms with van der Waals surface area (Å²) in [5.74, 6) is 1.75. The molecule has 2 heterocycles. The molecule has 6 nitrogen and oxygen atoms in total. The molecule has 0 unspecified atom stereocenters. The molecule has 0 radical (unpaired) electrons. The van der Waals surface area contributed by atoms with Crippen molar-refractivity contribution in [1.82, 2.24) is 15.0 Å². The van der Waals surface area contributed by atoms with Gasteiger partial charge in [-0.15, -0.1) is 0 Å². The second-order valence-corrected chi connectivity index (χ2v) is 6.20. The van der Waals surface area contributed by atoms with Gasteiger partial charge in [0.15, 0.2) is 0 Å². The lowest BCUT2D eigenvalue weighted by molar-refractivity contribution is 0.102. The highest BCUT2D eigenvalue weighted by molar-refractivity contribution is 6.04. The van der Waals surface area contributed by atoms with Gasteiger partial charge in [-0.1, -0.05) is 26.0 Å². The Balaban J connectivity index is 1.59. The molecule has 0 spiro atoms. The average molecular weight is 347 g/mol. The van der Waals surface area contributed by atoms with Gasteiger partial charge in [-0.25, -0.2) is 9.97 Å². The van der Waals surface area contributed by atoms with Crippen molar-refractivity contribution < 1.29 is 4.79 Å².